The van der Waals surface area contributed by atoms with E-state index >= 15 is 0 Å². The topological polar surface area (TPSA) is 21.3 Å². The number of rotatable bonds is 3. The van der Waals surface area contributed by atoms with Crippen molar-refractivity contribution in [2.24, 2.45) is 0 Å². The molecule has 2 fully saturated rings. The van der Waals surface area contributed by atoms with Crippen molar-refractivity contribution in [2.75, 3.05) is 13.7 Å². The minimum Gasteiger partial charge on any atom is -0.496 e. The molecule has 1 heterocycles. The largest absolute Gasteiger partial charge is 0.496 e. The zero-order valence-electron chi connectivity index (χ0n) is 9.83. The van der Waals surface area contributed by atoms with Gasteiger partial charge >= 0.3 is 0 Å². The molecule has 0 amide bonds. The fraction of sp³-hybridized carbons (Fsp3) is 0.571. The number of methoxy groups -OCH3 is 1. The molecule has 16 heavy (non-hydrogen) atoms. The monoisotopic (exact) mass is 217 g/mol. The summed E-state index contributed by atoms with van der Waals surface area (Å²) in [4.78, 5) is 0. The molecule has 0 spiro atoms. The molecule has 2 nitrogen and oxygen atoms in total. The molecule has 1 N–H and O–H groups in total. The van der Waals surface area contributed by atoms with E-state index in [0.29, 0.717) is 6.04 Å². The molecule has 0 aromatic heterocycles. The Morgan fingerprint density at radius 1 is 1.25 bits per heavy atom. The summed E-state index contributed by atoms with van der Waals surface area (Å²) in [7, 11) is 1.78. The van der Waals surface area contributed by atoms with Crippen LogP contribution >= 0.6 is 0 Å². The van der Waals surface area contributed by atoms with Crippen LogP contribution in [0.25, 0.3) is 0 Å². The maximum absolute atomic E-state index is 5.52. The van der Waals surface area contributed by atoms with Gasteiger partial charge in [-0.25, -0.2) is 0 Å². The van der Waals surface area contributed by atoms with E-state index < -0.39 is 0 Å². The number of ether oxygens (including phenoxy) is 1. The highest BCUT2D eigenvalue weighted by molar-refractivity contribution is 5.42. The van der Waals surface area contributed by atoms with Gasteiger partial charge in [-0.15, -0.1) is 0 Å². The van der Waals surface area contributed by atoms with Crippen LogP contribution in [-0.2, 0) is 0 Å². The Bertz CT molecular complexity index is 378. The summed E-state index contributed by atoms with van der Waals surface area (Å²) in [5, 5.41) is 3.53. The van der Waals surface area contributed by atoms with Crippen molar-refractivity contribution in [1.82, 2.24) is 5.32 Å². The predicted octanol–water partition coefficient (Wildman–Crippen LogP) is 3.00. The Morgan fingerprint density at radius 3 is 2.75 bits per heavy atom. The lowest BCUT2D eigenvalue weighted by molar-refractivity contribution is 0.408. The predicted molar refractivity (Wildman–Crippen MR) is 64.9 cm³/mol. The quantitative estimate of drug-likeness (QED) is 0.840. The van der Waals surface area contributed by atoms with Crippen molar-refractivity contribution >= 4 is 0 Å². The molecule has 1 saturated carbocycles. The molecule has 1 unspecified atom stereocenters. The molecular weight excluding hydrogens is 198 g/mol. The van der Waals surface area contributed by atoms with Crippen LogP contribution in [0.2, 0.25) is 0 Å². The second-order valence-corrected chi connectivity index (χ2v) is 4.92. The molecule has 2 heteroatoms. The van der Waals surface area contributed by atoms with Gasteiger partial charge in [-0.3, -0.25) is 0 Å². The zero-order valence-corrected chi connectivity index (χ0v) is 9.83. The van der Waals surface area contributed by atoms with Gasteiger partial charge < -0.3 is 10.1 Å². The highest BCUT2D eigenvalue weighted by Gasteiger charge is 2.27. The Labute approximate surface area is 97.0 Å². The summed E-state index contributed by atoms with van der Waals surface area (Å²) < 4.78 is 5.52. The van der Waals surface area contributed by atoms with Gasteiger partial charge in [-0.2, -0.15) is 0 Å². The first kappa shape index (κ1) is 10.2. The molecule has 2 aliphatic rings. The first-order valence-corrected chi connectivity index (χ1v) is 6.29. The van der Waals surface area contributed by atoms with Gasteiger partial charge in [0.1, 0.15) is 5.75 Å². The second kappa shape index (κ2) is 4.10. The highest BCUT2D eigenvalue weighted by Crippen LogP contribution is 2.45. The first-order valence-electron chi connectivity index (χ1n) is 6.29. The number of hydrogen-bond acceptors (Lipinski definition) is 2. The van der Waals surface area contributed by atoms with Crippen LogP contribution in [0.4, 0.5) is 0 Å². The number of benzene rings is 1. The molecule has 0 radical (unpaired) electrons. The minimum atomic E-state index is 0.544. The van der Waals surface area contributed by atoms with Crippen molar-refractivity contribution in [1.29, 1.82) is 0 Å². The zero-order chi connectivity index (χ0) is 11.0. The third-order valence-corrected chi connectivity index (χ3v) is 3.74. The van der Waals surface area contributed by atoms with Crippen molar-refractivity contribution in [3.63, 3.8) is 0 Å². The van der Waals surface area contributed by atoms with E-state index in [-0.39, 0.29) is 0 Å². The summed E-state index contributed by atoms with van der Waals surface area (Å²) in [6.07, 6.45) is 5.21. The van der Waals surface area contributed by atoms with Gasteiger partial charge in [0.15, 0.2) is 0 Å². The van der Waals surface area contributed by atoms with E-state index in [1.807, 2.05) is 0 Å². The first-order chi connectivity index (χ1) is 7.88. The molecule has 86 valence electrons. The molecule has 3 rings (SSSR count). The Morgan fingerprint density at radius 2 is 2.12 bits per heavy atom. The van der Waals surface area contributed by atoms with Crippen LogP contribution in [0, 0.1) is 0 Å². The van der Waals surface area contributed by atoms with E-state index in [0.717, 1.165) is 18.2 Å². The van der Waals surface area contributed by atoms with Crippen molar-refractivity contribution in [3.8, 4) is 5.75 Å². The lowest BCUT2D eigenvalue weighted by Crippen LogP contribution is -2.12. The maximum Gasteiger partial charge on any atom is 0.122 e. The Kier molecular flexibility index (Phi) is 2.60. The molecular formula is C14H19NO. The lowest BCUT2D eigenvalue weighted by atomic mass is 10.0. The van der Waals surface area contributed by atoms with Crippen LogP contribution in [0.3, 0.4) is 0 Å². The third kappa shape index (κ3) is 1.82. The molecule has 1 aromatic rings. The van der Waals surface area contributed by atoms with Gasteiger partial charge in [0.25, 0.3) is 0 Å². The SMILES string of the molecule is COc1cc(C2CCCN2)ccc1C1CC1. The Hall–Kier alpha value is -1.02. The average molecular weight is 217 g/mol. The maximum atomic E-state index is 5.52. The van der Waals surface area contributed by atoms with Gasteiger partial charge in [0.2, 0.25) is 0 Å². The third-order valence-electron chi connectivity index (χ3n) is 3.74. The summed E-state index contributed by atoms with van der Waals surface area (Å²) >= 11 is 0. The smallest absolute Gasteiger partial charge is 0.122 e. The molecule has 1 aromatic carbocycles. The van der Waals surface area contributed by atoms with Crippen LogP contribution in [0.15, 0.2) is 18.2 Å². The standard InChI is InChI=1S/C14H19NO/c1-16-14-9-11(13-3-2-8-15-13)6-7-12(14)10-4-5-10/h6-7,9-10,13,15H,2-5,8H2,1H3. The average Bonchev–Trinajstić information content (AvgIpc) is 3.03. The van der Waals surface area contributed by atoms with E-state index in [1.165, 1.54) is 36.8 Å². The molecule has 1 atom stereocenters. The van der Waals surface area contributed by atoms with Gasteiger partial charge in [-0.05, 0) is 55.3 Å². The van der Waals surface area contributed by atoms with Gasteiger partial charge in [-0.1, -0.05) is 12.1 Å². The summed E-state index contributed by atoms with van der Waals surface area (Å²) in [6.45, 7) is 1.15. The van der Waals surface area contributed by atoms with Crippen LogP contribution in [0.1, 0.15) is 48.8 Å². The van der Waals surface area contributed by atoms with Gasteiger partial charge in [0.05, 0.1) is 7.11 Å². The van der Waals surface area contributed by atoms with Crippen LogP contribution in [-0.4, -0.2) is 13.7 Å². The fourth-order valence-corrected chi connectivity index (χ4v) is 2.65. The molecule has 1 aliphatic carbocycles. The summed E-state index contributed by atoms with van der Waals surface area (Å²) in [5.41, 5.74) is 2.79. The fourth-order valence-electron chi connectivity index (χ4n) is 2.65. The van der Waals surface area contributed by atoms with E-state index in [1.54, 1.807) is 7.11 Å². The van der Waals surface area contributed by atoms with Crippen LogP contribution < -0.4 is 10.1 Å². The molecule has 0 bridgehead atoms. The van der Waals surface area contributed by atoms with Crippen molar-refractivity contribution < 1.29 is 4.74 Å². The number of nitrogens with one attached hydrogen (secondary N) is 1. The highest BCUT2D eigenvalue weighted by atomic mass is 16.5. The van der Waals surface area contributed by atoms with Gasteiger partial charge in [0, 0.05) is 6.04 Å². The molecule has 1 saturated heterocycles. The molecule has 1 aliphatic heterocycles. The summed E-state index contributed by atoms with van der Waals surface area (Å²) in [6, 6.07) is 7.32. The Balaban J connectivity index is 1.89. The number of hydrogen-bond donors (Lipinski definition) is 1. The minimum absolute atomic E-state index is 0.544. The summed E-state index contributed by atoms with van der Waals surface area (Å²) in [5.74, 6) is 1.86. The van der Waals surface area contributed by atoms with Crippen molar-refractivity contribution in [2.45, 2.75) is 37.6 Å². The van der Waals surface area contributed by atoms with E-state index in [9.17, 15) is 0 Å². The lowest BCUT2D eigenvalue weighted by Gasteiger charge is -2.14. The van der Waals surface area contributed by atoms with Crippen molar-refractivity contribution in [3.05, 3.63) is 29.3 Å². The second-order valence-electron chi connectivity index (χ2n) is 4.92. The van der Waals surface area contributed by atoms with E-state index in [4.69, 9.17) is 4.74 Å². The van der Waals surface area contributed by atoms with Crippen LogP contribution in [0.5, 0.6) is 5.75 Å². The normalized spacial score (nSPS) is 24.7. The van der Waals surface area contributed by atoms with E-state index in [2.05, 4.69) is 23.5 Å².